The lowest BCUT2D eigenvalue weighted by atomic mass is 9.90. The summed E-state index contributed by atoms with van der Waals surface area (Å²) in [7, 11) is 0. The number of nitrogens with one attached hydrogen (secondary N) is 1. The van der Waals surface area contributed by atoms with Crippen molar-refractivity contribution in [1.82, 2.24) is 19.6 Å². The predicted molar refractivity (Wildman–Crippen MR) is 69.4 cm³/mol. The lowest BCUT2D eigenvalue weighted by molar-refractivity contribution is -0.256. The molecule has 1 fully saturated rings. The Morgan fingerprint density at radius 1 is 1.64 bits per heavy atom. The molecule has 0 bridgehead atoms. The van der Waals surface area contributed by atoms with Crippen molar-refractivity contribution < 1.29 is 24.4 Å². The first-order valence-corrected chi connectivity index (χ1v) is 6.34. The molecule has 3 rings (SSSR count). The molecule has 1 saturated heterocycles. The van der Waals surface area contributed by atoms with E-state index in [9.17, 15) is 19.4 Å². The molecule has 120 valence electrons. The summed E-state index contributed by atoms with van der Waals surface area (Å²) in [6, 6.07) is 0. The minimum atomic E-state index is -2.69. The normalized spacial score (nSPS) is 35.3. The van der Waals surface area contributed by atoms with Gasteiger partial charge in [0.2, 0.25) is 17.4 Å². The Balaban J connectivity index is 2.24. The molecule has 3 heterocycles. The van der Waals surface area contributed by atoms with Crippen molar-refractivity contribution in [1.29, 1.82) is 0 Å². The summed E-state index contributed by atoms with van der Waals surface area (Å²) in [5.41, 5.74) is 1.47. The highest BCUT2D eigenvalue weighted by atomic mass is 19.1. The second kappa shape index (κ2) is 4.46. The van der Waals surface area contributed by atoms with E-state index >= 15 is 0 Å². The van der Waals surface area contributed by atoms with E-state index in [-0.39, 0.29) is 17.3 Å². The van der Waals surface area contributed by atoms with Gasteiger partial charge in [0, 0.05) is 0 Å². The van der Waals surface area contributed by atoms with Gasteiger partial charge in [-0.1, -0.05) is 0 Å². The third kappa shape index (κ3) is 1.70. The van der Waals surface area contributed by atoms with Crippen LogP contribution in [0, 0.1) is 0 Å². The molecule has 0 spiro atoms. The van der Waals surface area contributed by atoms with Gasteiger partial charge in [-0.2, -0.15) is 0 Å². The van der Waals surface area contributed by atoms with E-state index in [4.69, 9.17) is 15.6 Å². The maximum atomic E-state index is 14.9. The molecule has 0 radical (unpaired) electrons. The number of aromatic nitrogens is 4. The van der Waals surface area contributed by atoms with Crippen molar-refractivity contribution in [3.8, 4) is 0 Å². The van der Waals surface area contributed by atoms with Crippen LogP contribution in [0.5, 0.6) is 0 Å². The minimum absolute atomic E-state index is 0.237. The fourth-order valence-corrected chi connectivity index (χ4v) is 2.53. The zero-order valence-electron chi connectivity index (χ0n) is 11.4. The molecular weight excluding hydrogens is 301 g/mol. The molecule has 22 heavy (non-hydrogen) atoms. The summed E-state index contributed by atoms with van der Waals surface area (Å²) in [5, 5.41) is 33.4. The van der Waals surface area contributed by atoms with Gasteiger partial charge in [0.25, 0.3) is 5.56 Å². The average Bonchev–Trinajstić information content (AvgIpc) is 2.93. The average molecular weight is 315 g/mol. The number of ether oxygens (including phenoxy) is 1. The number of aromatic amines is 1. The molecule has 11 heteroatoms. The summed E-state index contributed by atoms with van der Waals surface area (Å²) in [5.74, 6) is -2.95. The van der Waals surface area contributed by atoms with Crippen LogP contribution < -0.4 is 11.3 Å². The van der Waals surface area contributed by atoms with Crippen molar-refractivity contribution in [2.75, 3.05) is 12.3 Å². The van der Waals surface area contributed by atoms with Crippen LogP contribution >= 0.6 is 0 Å². The van der Waals surface area contributed by atoms with Gasteiger partial charge in [-0.3, -0.25) is 9.78 Å². The second-order valence-electron chi connectivity index (χ2n) is 5.22. The molecule has 0 saturated carbocycles. The van der Waals surface area contributed by atoms with Crippen LogP contribution in [0.15, 0.2) is 11.0 Å². The number of H-pyrrole nitrogens is 1. The van der Waals surface area contributed by atoms with Crippen LogP contribution in [0.3, 0.4) is 0 Å². The summed E-state index contributed by atoms with van der Waals surface area (Å²) < 4.78 is 20.8. The molecule has 0 aliphatic carbocycles. The largest absolute Gasteiger partial charge is 0.394 e. The van der Waals surface area contributed by atoms with Crippen molar-refractivity contribution in [3.05, 3.63) is 22.2 Å². The number of fused-ring (bicyclic) bond motifs is 1. The third-order valence-electron chi connectivity index (χ3n) is 3.81. The third-order valence-corrected chi connectivity index (χ3v) is 3.81. The lowest BCUT2D eigenvalue weighted by Gasteiger charge is -2.31. The SMILES string of the molecule is CC1(F)C(O)C(CO)OC1(O)c1cnc2c(=O)[nH]c(N)nn12. The van der Waals surface area contributed by atoms with Gasteiger partial charge in [0.15, 0.2) is 5.67 Å². The van der Waals surface area contributed by atoms with Gasteiger partial charge in [0.1, 0.15) is 17.9 Å². The second-order valence-corrected chi connectivity index (χ2v) is 5.22. The van der Waals surface area contributed by atoms with Gasteiger partial charge < -0.3 is 25.8 Å². The first-order valence-electron chi connectivity index (χ1n) is 6.34. The van der Waals surface area contributed by atoms with Crippen LogP contribution in [0.1, 0.15) is 12.6 Å². The monoisotopic (exact) mass is 315 g/mol. The molecule has 10 nitrogen and oxygen atoms in total. The molecule has 0 aromatic carbocycles. The fraction of sp³-hybridized carbons (Fsp3) is 0.545. The molecule has 2 aromatic heterocycles. The first-order chi connectivity index (χ1) is 10.2. The Bertz CT molecular complexity index is 789. The summed E-state index contributed by atoms with van der Waals surface area (Å²) in [6.45, 7) is 0.194. The number of nitrogens with two attached hydrogens (primary N) is 1. The van der Waals surface area contributed by atoms with E-state index in [1.165, 1.54) is 0 Å². The number of anilines is 1. The Kier molecular flexibility index (Phi) is 3.01. The van der Waals surface area contributed by atoms with Gasteiger partial charge in [0.05, 0.1) is 12.8 Å². The standard InChI is InChI=1S/C11H14FN5O5/c1-10(12)6(19)4(3-18)22-11(10,21)5-2-14-7-8(20)15-9(13)16-17(5)7/h2,4,6,18-19,21H,3H2,1H3,(H3,13,15,16,20). The number of nitrogens with zero attached hydrogens (tertiary/aromatic N) is 3. The zero-order valence-corrected chi connectivity index (χ0v) is 11.4. The van der Waals surface area contributed by atoms with Crippen molar-refractivity contribution in [2.45, 2.75) is 30.6 Å². The zero-order chi connectivity index (χ0) is 16.3. The molecule has 2 aromatic rings. The first kappa shape index (κ1) is 14.8. The van der Waals surface area contributed by atoms with Crippen molar-refractivity contribution >= 4 is 11.6 Å². The van der Waals surface area contributed by atoms with Crippen molar-refractivity contribution in [3.63, 3.8) is 0 Å². The van der Waals surface area contributed by atoms with Crippen LogP contribution in [0.4, 0.5) is 10.3 Å². The molecule has 4 atom stereocenters. The van der Waals surface area contributed by atoms with Gasteiger partial charge >= 0.3 is 0 Å². The number of imidazole rings is 1. The molecule has 1 aliphatic rings. The minimum Gasteiger partial charge on any atom is -0.394 e. The van der Waals surface area contributed by atoms with Crippen LogP contribution in [-0.2, 0) is 10.5 Å². The van der Waals surface area contributed by atoms with Gasteiger partial charge in [-0.25, -0.2) is 13.9 Å². The predicted octanol–water partition coefficient (Wildman–Crippen LogP) is -2.37. The lowest BCUT2D eigenvalue weighted by Crippen LogP contribution is -2.49. The smallest absolute Gasteiger partial charge is 0.295 e. The van der Waals surface area contributed by atoms with E-state index < -0.39 is 35.8 Å². The number of hydrogen-bond donors (Lipinski definition) is 5. The maximum absolute atomic E-state index is 14.9. The van der Waals surface area contributed by atoms with Crippen LogP contribution in [0.2, 0.25) is 0 Å². The Morgan fingerprint density at radius 2 is 2.32 bits per heavy atom. The maximum Gasteiger partial charge on any atom is 0.295 e. The fourth-order valence-electron chi connectivity index (χ4n) is 2.53. The topological polar surface area (TPSA) is 159 Å². The highest BCUT2D eigenvalue weighted by Gasteiger charge is 2.66. The summed E-state index contributed by atoms with van der Waals surface area (Å²) in [4.78, 5) is 17.7. The number of halogens is 1. The quantitative estimate of drug-likeness (QED) is 0.411. The number of aliphatic hydroxyl groups is 3. The number of aliphatic hydroxyl groups excluding tert-OH is 2. The Labute approximate surface area is 122 Å². The van der Waals surface area contributed by atoms with E-state index in [2.05, 4.69) is 15.1 Å². The molecule has 0 amide bonds. The van der Waals surface area contributed by atoms with E-state index in [1.807, 2.05) is 0 Å². The van der Waals surface area contributed by atoms with Crippen molar-refractivity contribution in [2.24, 2.45) is 0 Å². The molecule has 1 aliphatic heterocycles. The molecule has 4 unspecified atom stereocenters. The van der Waals surface area contributed by atoms with E-state index in [0.29, 0.717) is 0 Å². The number of alkyl halides is 1. The number of nitrogen functional groups attached to an aromatic ring is 1. The summed E-state index contributed by atoms with van der Waals surface area (Å²) in [6.07, 6.45) is -2.17. The Morgan fingerprint density at radius 3 is 2.91 bits per heavy atom. The molecular formula is C11H14FN5O5. The number of rotatable bonds is 2. The van der Waals surface area contributed by atoms with Crippen LogP contribution in [-0.4, -0.2) is 59.4 Å². The van der Waals surface area contributed by atoms with E-state index in [0.717, 1.165) is 17.6 Å². The highest BCUT2D eigenvalue weighted by molar-refractivity contribution is 5.40. The van der Waals surface area contributed by atoms with E-state index in [1.54, 1.807) is 0 Å². The number of hydrogen-bond acceptors (Lipinski definition) is 8. The van der Waals surface area contributed by atoms with Gasteiger partial charge in [-0.15, -0.1) is 5.10 Å². The molecule has 6 N–H and O–H groups in total. The Hall–Kier alpha value is -2.08. The van der Waals surface area contributed by atoms with Gasteiger partial charge in [-0.05, 0) is 6.92 Å². The highest BCUT2D eigenvalue weighted by Crippen LogP contribution is 2.47. The van der Waals surface area contributed by atoms with Crippen LogP contribution in [0.25, 0.3) is 5.65 Å². The summed E-state index contributed by atoms with van der Waals surface area (Å²) >= 11 is 0.